The van der Waals surface area contributed by atoms with Crippen LogP contribution < -0.4 is 9.64 Å². The van der Waals surface area contributed by atoms with Gasteiger partial charge in [-0.3, -0.25) is 4.57 Å². The third-order valence-electron chi connectivity index (χ3n) is 3.91. The van der Waals surface area contributed by atoms with Gasteiger partial charge in [0.2, 0.25) is 5.95 Å². The first-order valence-electron chi connectivity index (χ1n) is 7.94. The third-order valence-corrected chi connectivity index (χ3v) is 5.16. The molecule has 0 atom stereocenters. The standard InChI is InChI=1S/C16H21ClN4O2S/c1-3-21-15(20-6-8-23-9-7-20)18-19-16(21)24-11-12-10-13(17)4-5-14(12)22-2/h4-5,10H,3,6-9,11H2,1-2H3. The Morgan fingerprint density at radius 2 is 2.08 bits per heavy atom. The Hall–Kier alpha value is -1.44. The van der Waals surface area contributed by atoms with E-state index in [4.69, 9.17) is 21.1 Å². The number of rotatable bonds is 6. The minimum Gasteiger partial charge on any atom is -0.496 e. The minimum atomic E-state index is 0.706. The van der Waals surface area contributed by atoms with Gasteiger partial charge in [-0.25, -0.2) is 0 Å². The molecule has 0 N–H and O–H groups in total. The Labute approximate surface area is 151 Å². The lowest BCUT2D eigenvalue weighted by Gasteiger charge is -2.27. The number of methoxy groups -OCH3 is 1. The summed E-state index contributed by atoms with van der Waals surface area (Å²) >= 11 is 7.74. The normalized spacial score (nSPS) is 14.9. The number of ether oxygens (including phenoxy) is 2. The van der Waals surface area contributed by atoms with Crippen LogP contribution in [0.25, 0.3) is 0 Å². The van der Waals surface area contributed by atoms with Crippen molar-refractivity contribution in [2.45, 2.75) is 24.4 Å². The van der Waals surface area contributed by atoms with Crippen LogP contribution in [0.4, 0.5) is 5.95 Å². The molecule has 2 heterocycles. The number of hydrogen-bond donors (Lipinski definition) is 0. The average Bonchev–Trinajstić information content (AvgIpc) is 3.03. The quantitative estimate of drug-likeness (QED) is 0.730. The molecule has 1 saturated heterocycles. The Morgan fingerprint density at radius 1 is 1.29 bits per heavy atom. The molecule has 24 heavy (non-hydrogen) atoms. The van der Waals surface area contributed by atoms with Gasteiger partial charge >= 0.3 is 0 Å². The van der Waals surface area contributed by atoms with E-state index < -0.39 is 0 Å². The van der Waals surface area contributed by atoms with Crippen LogP contribution in [0.1, 0.15) is 12.5 Å². The fourth-order valence-electron chi connectivity index (χ4n) is 2.66. The van der Waals surface area contributed by atoms with E-state index in [2.05, 4.69) is 26.6 Å². The second kappa shape index (κ2) is 8.09. The van der Waals surface area contributed by atoms with Crippen LogP contribution in [0.2, 0.25) is 5.02 Å². The van der Waals surface area contributed by atoms with Crippen molar-refractivity contribution in [2.24, 2.45) is 0 Å². The molecule has 1 aliphatic heterocycles. The molecule has 0 bridgehead atoms. The first kappa shape index (κ1) is 17.4. The number of anilines is 1. The van der Waals surface area contributed by atoms with Crippen LogP contribution in [0.3, 0.4) is 0 Å². The van der Waals surface area contributed by atoms with Crippen LogP contribution in [-0.2, 0) is 17.0 Å². The second-order valence-electron chi connectivity index (χ2n) is 5.37. The molecule has 3 rings (SSSR count). The van der Waals surface area contributed by atoms with E-state index in [1.807, 2.05) is 18.2 Å². The summed E-state index contributed by atoms with van der Waals surface area (Å²) in [4.78, 5) is 2.23. The summed E-state index contributed by atoms with van der Waals surface area (Å²) in [5, 5.41) is 10.4. The van der Waals surface area contributed by atoms with Crippen molar-refractivity contribution >= 4 is 29.3 Å². The van der Waals surface area contributed by atoms with Gasteiger partial charge in [0.25, 0.3) is 0 Å². The average molecular weight is 369 g/mol. The van der Waals surface area contributed by atoms with Crippen molar-refractivity contribution in [3.05, 3.63) is 28.8 Å². The van der Waals surface area contributed by atoms with Gasteiger partial charge in [0.15, 0.2) is 5.16 Å². The van der Waals surface area contributed by atoms with E-state index in [0.717, 1.165) is 61.0 Å². The van der Waals surface area contributed by atoms with E-state index in [9.17, 15) is 0 Å². The number of aromatic nitrogens is 3. The molecule has 1 fully saturated rings. The van der Waals surface area contributed by atoms with Crippen LogP contribution in [0.15, 0.2) is 23.4 Å². The van der Waals surface area contributed by atoms with E-state index in [1.165, 1.54) is 0 Å². The number of morpholine rings is 1. The second-order valence-corrected chi connectivity index (χ2v) is 6.75. The monoisotopic (exact) mass is 368 g/mol. The zero-order valence-electron chi connectivity index (χ0n) is 13.9. The van der Waals surface area contributed by atoms with Gasteiger partial charge in [-0.2, -0.15) is 0 Å². The van der Waals surface area contributed by atoms with Gasteiger partial charge in [-0.05, 0) is 25.1 Å². The molecule has 0 amide bonds. The van der Waals surface area contributed by atoms with Crippen LogP contribution >= 0.6 is 23.4 Å². The zero-order valence-corrected chi connectivity index (χ0v) is 15.4. The van der Waals surface area contributed by atoms with Gasteiger partial charge in [0.1, 0.15) is 5.75 Å². The molecule has 0 aliphatic carbocycles. The first-order chi connectivity index (χ1) is 11.7. The molecule has 1 aromatic carbocycles. The summed E-state index contributed by atoms with van der Waals surface area (Å²) in [6.45, 7) is 6.11. The van der Waals surface area contributed by atoms with E-state index in [1.54, 1.807) is 18.9 Å². The highest BCUT2D eigenvalue weighted by Crippen LogP contribution is 2.30. The lowest BCUT2D eigenvalue weighted by Crippen LogP contribution is -2.38. The van der Waals surface area contributed by atoms with Gasteiger partial charge < -0.3 is 14.4 Å². The van der Waals surface area contributed by atoms with Crippen molar-refractivity contribution in [1.82, 2.24) is 14.8 Å². The molecule has 6 nitrogen and oxygen atoms in total. The van der Waals surface area contributed by atoms with Crippen molar-refractivity contribution in [3.63, 3.8) is 0 Å². The Morgan fingerprint density at radius 3 is 2.79 bits per heavy atom. The Bertz CT molecular complexity index is 689. The van der Waals surface area contributed by atoms with E-state index in [-0.39, 0.29) is 0 Å². The highest BCUT2D eigenvalue weighted by molar-refractivity contribution is 7.98. The fourth-order valence-corrected chi connectivity index (χ4v) is 3.83. The highest BCUT2D eigenvalue weighted by Gasteiger charge is 2.20. The molecule has 1 aliphatic rings. The maximum atomic E-state index is 6.10. The number of halogens is 1. The Kier molecular flexibility index (Phi) is 5.86. The maximum Gasteiger partial charge on any atom is 0.228 e. The zero-order chi connectivity index (χ0) is 16.9. The number of nitrogens with zero attached hydrogens (tertiary/aromatic N) is 4. The number of benzene rings is 1. The van der Waals surface area contributed by atoms with Crippen LogP contribution in [-0.4, -0.2) is 48.2 Å². The molecular formula is C16H21ClN4O2S. The lowest BCUT2D eigenvalue weighted by molar-refractivity contribution is 0.121. The fraction of sp³-hybridized carbons (Fsp3) is 0.500. The third kappa shape index (κ3) is 3.79. The summed E-state index contributed by atoms with van der Waals surface area (Å²) in [5.74, 6) is 2.48. The van der Waals surface area contributed by atoms with Gasteiger partial charge in [0, 0.05) is 36.0 Å². The lowest BCUT2D eigenvalue weighted by atomic mass is 10.2. The number of thioether (sulfide) groups is 1. The van der Waals surface area contributed by atoms with E-state index in [0.29, 0.717) is 5.02 Å². The summed E-state index contributed by atoms with van der Waals surface area (Å²) in [5.41, 5.74) is 1.05. The van der Waals surface area contributed by atoms with Gasteiger partial charge in [-0.1, -0.05) is 23.4 Å². The molecular weight excluding hydrogens is 348 g/mol. The molecule has 130 valence electrons. The SMILES string of the molecule is CCn1c(SCc2cc(Cl)ccc2OC)nnc1N1CCOCC1. The molecule has 0 radical (unpaired) electrons. The molecule has 0 spiro atoms. The smallest absolute Gasteiger partial charge is 0.228 e. The molecule has 0 saturated carbocycles. The molecule has 0 unspecified atom stereocenters. The van der Waals surface area contributed by atoms with Crippen LogP contribution in [0, 0.1) is 0 Å². The van der Waals surface area contributed by atoms with Crippen molar-refractivity contribution in [2.75, 3.05) is 38.3 Å². The van der Waals surface area contributed by atoms with Crippen LogP contribution in [0.5, 0.6) is 5.75 Å². The summed E-state index contributed by atoms with van der Waals surface area (Å²) < 4.78 is 13.0. The molecule has 1 aromatic heterocycles. The topological polar surface area (TPSA) is 52.4 Å². The van der Waals surface area contributed by atoms with Gasteiger partial charge in [-0.15, -0.1) is 10.2 Å². The predicted octanol–water partition coefficient (Wildman–Crippen LogP) is 3.09. The summed E-state index contributed by atoms with van der Waals surface area (Å²) in [6, 6.07) is 5.66. The largest absolute Gasteiger partial charge is 0.496 e. The molecule has 8 heteroatoms. The van der Waals surface area contributed by atoms with Crippen molar-refractivity contribution in [3.8, 4) is 5.75 Å². The Balaban J connectivity index is 1.76. The minimum absolute atomic E-state index is 0.706. The van der Waals surface area contributed by atoms with Crippen molar-refractivity contribution in [1.29, 1.82) is 0 Å². The maximum absolute atomic E-state index is 6.10. The highest BCUT2D eigenvalue weighted by atomic mass is 35.5. The predicted molar refractivity (Wildman–Crippen MR) is 96.3 cm³/mol. The summed E-state index contributed by atoms with van der Waals surface area (Å²) in [6.07, 6.45) is 0. The van der Waals surface area contributed by atoms with Gasteiger partial charge in [0.05, 0.1) is 20.3 Å². The van der Waals surface area contributed by atoms with E-state index >= 15 is 0 Å². The molecule has 2 aromatic rings. The van der Waals surface area contributed by atoms with Crippen molar-refractivity contribution < 1.29 is 9.47 Å². The number of hydrogen-bond acceptors (Lipinski definition) is 6. The first-order valence-corrected chi connectivity index (χ1v) is 9.30. The summed E-state index contributed by atoms with van der Waals surface area (Å²) in [7, 11) is 1.67.